The van der Waals surface area contributed by atoms with E-state index >= 15 is 0 Å². The molecule has 5 nitrogen and oxygen atoms in total. The number of hydrogen-bond donors (Lipinski definition) is 0. The highest BCUT2D eigenvalue weighted by molar-refractivity contribution is 6.02. The van der Waals surface area contributed by atoms with E-state index in [9.17, 15) is 9.59 Å². The number of carbonyl (C=O) groups excluding carboxylic acids is 2. The van der Waals surface area contributed by atoms with Crippen LogP contribution in [-0.2, 0) is 16.1 Å². The molecule has 1 spiro atoms. The lowest BCUT2D eigenvalue weighted by molar-refractivity contribution is -0.134. The van der Waals surface area contributed by atoms with Gasteiger partial charge in [-0.05, 0) is 53.7 Å². The lowest BCUT2D eigenvalue weighted by Crippen LogP contribution is -2.04. The zero-order valence-electron chi connectivity index (χ0n) is 19.9. The van der Waals surface area contributed by atoms with Gasteiger partial charge < -0.3 is 14.2 Å². The molecular formula is C30H28O5. The number of carbonyl (C=O) groups is 2. The molecule has 2 unspecified atom stereocenters. The average Bonchev–Trinajstić information content (AvgIpc) is 3.83. The van der Waals surface area contributed by atoms with E-state index in [0.29, 0.717) is 5.75 Å². The third-order valence-electron chi connectivity index (χ3n) is 7.22. The van der Waals surface area contributed by atoms with Crippen molar-refractivity contribution in [2.75, 3.05) is 14.2 Å². The van der Waals surface area contributed by atoms with Crippen LogP contribution in [0.25, 0.3) is 6.08 Å². The van der Waals surface area contributed by atoms with Crippen LogP contribution in [0.4, 0.5) is 0 Å². The predicted octanol–water partition coefficient (Wildman–Crippen LogP) is 5.84. The highest BCUT2D eigenvalue weighted by Gasteiger charge is 2.74. The quantitative estimate of drug-likeness (QED) is 0.224. The van der Waals surface area contributed by atoms with Crippen molar-refractivity contribution in [2.24, 2.45) is 11.3 Å². The topological polar surface area (TPSA) is 61.8 Å². The van der Waals surface area contributed by atoms with E-state index in [-0.39, 0.29) is 29.6 Å². The van der Waals surface area contributed by atoms with Crippen LogP contribution in [0.5, 0.6) is 11.5 Å². The minimum absolute atomic E-state index is 0.0458. The van der Waals surface area contributed by atoms with Crippen molar-refractivity contribution >= 4 is 17.8 Å². The van der Waals surface area contributed by atoms with Crippen LogP contribution < -0.4 is 9.47 Å². The Bertz CT molecular complexity index is 1270. The second kappa shape index (κ2) is 9.41. The lowest BCUT2D eigenvalue weighted by atomic mass is 10.0. The molecule has 5 heteroatoms. The molecule has 3 aromatic carbocycles. The molecule has 0 heterocycles. The Balaban J connectivity index is 1.34. The third-order valence-corrected chi connectivity index (χ3v) is 7.22. The molecule has 2 saturated carbocycles. The summed E-state index contributed by atoms with van der Waals surface area (Å²) in [7, 11) is 2.96. The molecular weight excluding hydrogens is 440 g/mol. The largest absolute Gasteiger partial charge is 0.496 e. The third kappa shape index (κ3) is 4.46. The molecule has 0 saturated heterocycles. The summed E-state index contributed by atoms with van der Waals surface area (Å²) in [6, 6.07) is 23.3. The van der Waals surface area contributed by atoms with Crippen molar-refractivity contribution in [2.45, 2.75) is 25.4 Å². The SMILES string of the molecule is COC(=O)/C=C/c1cccc(OC)c1COc1cccc(C2C(C(=O)c3ccccc3)C23CC3)c1. The number of rotatable bonds is 9. The van der Waals surface area contributed by atoms with Gasteiger partial charge in [0.1, 0.15) is 18.1 Å². The van der Waals surface area contributed by atoms with Crippen LogP contribution in [0.2, 0.25) is 0 Å². The summed E-state index contributed by atoms with van der Waals surface area (Å²) in [5.41, 5.74) is 3.73. The standard InChI is InChI=1S/C30H28O5/c1-33-25-13-7-10-20(14-15-26(31)34-2)24(25)19-35-23-12-6-11-22(18-23)27-28(30(27)16-17-30)29(32)21-8-4-3-5-9-21/h3-15,18,27-28H,16-17,19H2,1-2H3/b15-14+. The van der Waals surface area contributed by atoms with Crippen LogP contribution in [0.1, 0.15) is 45.8 Å². The highest BCUT2D eigenvalue weighted by atomic mass is 16.5. The van der Waals surface area contributed by atoms with E-state index < -0.39 is 5.97 Å². The highest BCUT2D eigenvalue weighted by Crippen LogP contribution is 2.79. The summed E-state index contributed by atoms with van der Waals surface area (Å²) in [6.07, 6.45) is 5.28. The monoisotopic (exact) mass is 468 g/mol. The second-order valence-corrected chi connectivity index (χ2v) is 9.16. The van der Waals surface area contributed by atoms with Gasteiger partial charge in [0.25, 0.3) is 0 Å². The van der Waals surface area contributed by atoms with Gasteiger partial charge in [0.15, 0.2) is 5.78 Å². The molecule has 0 bridgehead atoms. The van der Waals surface area contributed by atoms with E-state index in [1.165, 1.54) is 13.2 Å². The molecule has 0 aliphatic heterocycles. The Morgan fingerprint density at radius 2 is 1.74 bits per heavy atom. The van der Waals surface area contributed by atoms with Gasteiger partial charge in [0.05, 0.1) is 14.2 Å². The molecule has 3 aromatic rings. The molecule has 0 amide bonds. The molecule has 5 rings (SSSR count). The van der Waals surface area contributed by atoms with E-state index in [1.807, 2.05) is 60.7 Å². The van der Waals surface area contributed by atoms with Gasteiger partial charge in [-0.25, -0.2) is 4.79 Å². The van der Waals surface area contributed by atoms with Crippen LogP contribution in [0, 0.1) is 11.3 Å². The zero-order valence-corrected chi connectivity index (χ0v) is 19.9. The summed E-state index contributed by atoms with van der Waals surface area (Å²) < 4.78 is 16.4. The molecule has 2 aliphatic carbocycles. The summed E-state index contributed by atoms with van der Waals surface area (Å²) in [6.45, 7) is 0.274. The van der Waals surface area contributed by atoms with Crippen LogP contribution in [0.15, 0.2) is 78.9 Å². The van der Waals surface area contributed by atoms with Gasteiger partial charge in [-0.1, -0.05) is 54.6 Å². The van der Waals surface area contributed by atoms with Crippen molar-refractivity contribution in [3.63, 3.8) is 0 Å². The van der Waals surface area contributed by atoms with E-state index in [1.54, 1.807) is 13.2 Å². The number of esters is 1. The first-order valence-electron chi connectivity index (χ1n) is 11.8. The second-order valence-electron chi connectivity index (χ2n) is 9.16. The van der Waals surface area contributed by atoms with Crippen molar-refractivity contribution in [3.8, 4) is 11.5 Å². The van der Waals surface area contributed by atoms with Gasteiger partial charge in [-0.15, -0.1) is 0 Å². The Labute approximate surface area is 205 Å². The molecule has 2 fully saturated rings. The van der Waals surface area contributed by atoms with Crippen molar-refractivity contribution in [3.05, 3.63) is 101 Å². The van der Waals surface area contributed by atoms with Gasteiger partial charge in [0, 0.05) is 29.0 Å². The Hall–Kier alpha value is -3.86. The Morgan fingerprint density at radius 3 is 2.46 bits per heavy atom. The van der Waals surface area contributed by atoms with Crippen LogP contribution in [0.3, 0.4) is 0 Å². The van der Waals surface area contributed by atoms with Crippen molar-refractivity contribution in [1.82, 2.24) is 0 Å². The fourth-order valence-electron chi connectivity index (χ4n) is 5.24. The molecule has 2 atom stereocenters. The summed E-state index contributed by atoms with van der Waals surface area (Å²) in [5, 5.41) is 0. The van der Waals surface area contributed by atoms with Gasteiger partial charge in [0.2, 0.25) is 0 Å². The molecule has 2 aliphatic rings. The van der Waals surface area contributed by atoms with Crippen molar-refractivity contribution < 1.29 is 23.8 Å². The normalized spacial score (nSPS) is 19.4. The minimum Gasteiger partial charge on any atom is -0.496 e. The van der Waals surface area contributed by atoms with Crippen molar-refractivity contribution in [1.29, 1.82) is 0 Å². The summed E-state index contributed by atoms with van der Waals surface area (Å²) in [5.74, 6) is 1.53. The first-order chi connectivity index (χ1) is 17.1. The number of methoxy groups -OCH3 is 2. The van der Waals surface area contributed by atoms with Crippen LogP contribution in [-0.4, -0.2) is 26.0 Å². The molecule has 0 aromatic heterocycles. The molecule has 178 valence electrons. The van der Waals surface area contributed by atoms with E-state index in [4.69, 9.17) is 14.2 Å². The average molecular weight is 469 g/mol. The fourth-order valence-corrected chi connectivity index (χ4v) is 5.24. The van der Waals surface area contributed by atoms with Gasteiger partial charge >= 0.3 is 5.97 Å². The Kier molecular flexibility index (Phi) is 6.16. The zero-order chi connectivity index (χ0) is 24.4. The van der Waals surface area contributed by atoms with Gasteiger partial charge in [-0.3, -0.25) is 4.79 Å². The summed E-state index contributed by atoms with van der Waals surface area (Å²) in [4.78, 5) is 24.8. The number of ketones is 1. The molecule has 35 heavy (non-hydrogen) atoms. The minimum atomic E-state index is -0.426. The van der Waals surface area contributed by atoms with E-state index in [0.717, 1.165) is 40.8 Å². The fraction of sp³-hybridized carbons (Fsp3) is 0.267. The lowest BCUT2D eigenvalue weighted by Gasteiger charge is -2.14. The number of ether oxygens (including phenoxy) is 3. The smallest absolute Gasteiger partial charge is 0.330 e. The van der Waals surface area contributed by atoms with Crippen LogP contribution >= 0.6 is 0 Å². The van der Waals surface area contributed by atoms with Gasteiger partial charge in [-0.2, -0.15) is 0 Å². The molecule has 0 N–H and O–H groups in total. The number of hydrogen-bond acceptors (Lipinski definition) is 5. The van der Waals surface area contributed by atoms with E-state index in [2.05, 4.69) is 12.1 Å². The molecule has 0 radical (unpaired) electrons. The maximum Gasteiger partial charge on any atom is 0.330 e. The maximum absolute atomic E-state index is 13.2. The predicted molar refractivity (Wildman–Crippen MR) is 133 cm³/mol. The number of benzene rings is 3. The Morgan fingerprint density at radius 1 is 0.971 bits per heavy atom. The maximum atomic E-state index is 13.2. The number of Topliss-reactive ketones (excluding diaryl/α,β-unsaturated/α-hetero) is 1. The first kappa shape index (κ1) is 22.9. The first-order valence-corrected chi connectivity index (χ1v) is 11.8. The summed E-state index contributed by atoms with van der Waals surface area (Å²) >= 11 is 0.